The fourth-order valence-electron chi connectivity index (χ4n) is 2.15. The van der Waals surface area contributed by atoms with Gasteiger partial charge >= 0.3 is 6.18 Å². The molecule has 1 aromatic heterocycles. The maximum atomic E-state index is 12.6. The molecule has 0 aliphatic carbocycles. The molecule has 6 nitrogen and oxygen atoms in total. The van der Waals surface area contributed by atoms with Crippen molar-refractivity contribution in [1.82, 2.24) is 10.3 Å². The van der Waals surface area contributed by atoms with Gasteiger partial charge in [0.25, 0.3) is 11.8 Å². The third-order valence-corrected chi connectivity index (χ3v) is 3.54. The second kappa shape index (κ2) is 9.13. The second-order valence-electron chi connectivity index (χ2n) is 5.56. The van der Waals surface area contributed by atoms with Gasteiger partial charge in [-0.1, -0.05) is 0 Å². The van der Waals surface area contributed by atoms with Gasteiger partial charge in [-0.2, -0.15) is 13.2 Å². The molecule has 1 aromatic carbocycles. The molecule has 0 atom stereocenters. The summed E-state index contributed by atoms with van der Waals surface area (Å²) in [5, 5.41) is 5.13. The zero-order chi connectivity index (χ0) is 19.9. The number of methoxy groups -OCH3 is 1. The lowest BCUT2D eigenvalue weighted by Crippen LogP contribution is -2.25. The lowest BCUT2D eigenvalue weighted by molar-refractivity contribution is -0.137. The van der Waals surface area contributed by atoms with Gasteiger partial charge in [0, 0.05) is 37.7 Å². The normalized spacial score (nSPS) is 11.1. The van der Waals surface area contributed by atoms with E-state index in [0.717, 1.165) is 24.3 Å². The van der Waals surface area contributed by atoms with E-state index in [0.29, 0.717) is 19.6 Å². The minimum Gasteiger partial charge on any atom is -0.385 e. The summed E-state index contributed by atoms with van der Waals surface area (Å²) in [5.41, 5.74) is -0.408. The van der Waals surface area contributed by atoms with Crippen molar-refractivity contribution in [3.8, 4) is 0 Å². The first kappa shape index (κ1) is 20.4. The van der Waals surface area contributed by atoms with Crippen molar-refractivity contribution in [2.75, 3.05) is 25.6 Å². The van der Waals surface area contributed by atoms with Crippen molar-refractivity contribution >= 4 is 17.5 Å². The second-order valence-corrected chi connectivity index (χ2v) is 5.56. The van der Waals surface area contributed by atoms with Crippen LogP contribution in [0, 0.1) is 0 Å². The molecule has 9 heteroatoms. The highest BCUT2D eigenvalue weighted by molar-refractivity contribution is 6.04. The molecule has 1 heterocycles. The number of alkyl halides is 3. The minimum absolute atomic E-state index is 0.0283. The van der Waals surface area contributed by atoms with Crippen LogP contribution < -0.4 is 10.6 Å². The van der Waals surface area contributed by atoms with Crippen molar-refractivity contribution in [2.45, 2.75) is 12.6 Å². The SMILES string of the molecule is COCCCNC(=O)c1ccnc(C(=O)Nc2ccc(C(F)(F)F)cc2)c1. The molecule has 0 fully saturated rings. The Bertz CT molecular complexity index is 792. The first-order chi connectivity index (χ1) is 12.8. The summed E-state index contributed by atoms with van der Waals surface area (Å²) >= 11 is 0. The zero-order valence-electron chi connectivity index (χ0n) is 14.5. The van der Waals surface area contributed by atoms with E-state index in [1.807, 2.05) is 0 Å². The molecule has 0 radical (unpaired) electrons. The average Bonchev–Trinajstić information content (AvgIpc) is 2.65. The van der Waals surface area contributed by atoms with Crippen LogP contribution in [0.2, 0.25) is 0 Å². The Hall–Kier alpha value is -2.94. The van der Waals surface area contributed by atoms with E-state index in [2.05, 4.69) is 15.6 Å². The van der Waals surface area contributed by atoms with E-state index in [1.54, 1.807) is 7.11 Å². The third kappa shape index (κ3) is 6.07. The van der Waals surface area contributed by atoms with Crippen molar-refractivity contribution in [3.05, 3.63) is 59.4 Å². The summed E-state index contributed by atoms with van der Waals surface area (Å²) in [4.78, 5) is 28.2. The molecule has 0 aliphatic heterocycles. The van der Waals surface area contributed by atoms with Crippen molar-refractivity contribution in [2.24, 2.45) is 0 Å². The Morgan fingerprint density at radius 1 is 1.11 bits per heavy atom. The predicted molar refractivity (Wildman–Crippen MR) is 92.5 cm³/mol. The van der Waals surface area contributed by atoms with Crippen LogP contribution in [0.4, 0.5) is 18.9 Å². The molecule has 2 N–H and O–H groups in total. The Kier molecular flexibility index (Phi) is 6.89. The number of nitrogens with one attached hydrogen (secondary N) is 2. The van der Waals surface area contributed by atoms with Gasteiger partial charge < -0.3 is 15.4 Å². The first-order valence-electron chi connectivity index (χ1n) is 8.03. The molecule has 0 saturated carbocycles. The number of benzene rings is 1. The number of ether oxygens (including phenoxy) is 1. The van der Waals surface area contributed by atoms with E-state index in [9.17, 15) is 22.8 Å². The van der Waals surface area contributed by atoms with Crippen molar-refractivity contribution < 1.29 is 27.5 Å². The summed E-state index contributed by atoms with van der Waals surface area (Å²) in [6, 6.07) is 6.80. The van der Waals surface area contributed by atoms with Crippen LogP contribution in [0.1, 0.15) is 32.8 Å². The largest absolute Gasteiger partial charge is 0.416 e. The van der Waals surface area contributed by atoms with E-state index in [-0.39, 0.29) is 22.9 Å². The highest BCUT2D eigenvalue weighted by atomic mass is 19.4. The highest BCUT2D eigenvalue weighted by Crippen LogP contribution is 2.29. The Morgan fingerprint density at radius 2 is 1.81 bits per heavy atom. The number of aromatic nitrogens is 1. The van der Waals surface area contributed by atoms with E-state index < -0.39 is 17.6 Å². The molecule has 0 aliphatic rings. The van der Waals surface area contributed by atoms with Crippen LogP contribution >= 0.6 is 0 Å². The summed E-state index contributed by atoms with van der Waals surface area (Å²) < 4.78 is 42.6. The number of hydrogen-bond donors (Lipinski definition) is 2. The Morgan fingerprint density at radius 3 is 2.44 bits per heavy atom. The van der Waals surface area contributed by atoms with Crippen LogP contribution in [-0.2, 0) is 10.9 Å². The van der Waals surface area contributed by atoms with Gasteiger partial charge in [0.1, 0.15) is 5.69 Å². The molecule has 0 unspecified atom stereocenters. The van der Waals surface area contributed by atoms with Gasteiger partial charge in [0.15, 0.2) is 0 Å². The molecule has 144 valence electrons. The number of carbonyl (C=O) groups is 2. The lowest BCUT2D eigenvalue weighted by atomic mass is 10.2. The fraction of sp³-hybridized carbons (Fsp3) is 0.278. The standard InChI is InChI=1S/C18H18F3N3O3/c1-27-10-2-8-23-16(25)12-7-9-22-15(11-12)17(26)24-14-5-3-13(4-6-14)18(19,20)21/h3-7,9,11H,2,8,10H2,1H3,(H,23,25)(H,24,26). The molecular formula is C18H18F3N3O3. The van der Waals surface area contributed by atoms with Crippen LogP contribution in [-0.4, -0.2) is 37.1 Å². The third-order valence-electron chi connectivity index (χ3n) is 3.54. The van der Waals surface area contributed by atoms with Crippen LogP contribution in [0.25, 0.3) is 0 Å². The predicted octanol–water partition coefficient (Wildman–Crippen LogP) is 3.12. The van der Waals surface area contributed by atoms with E-state index in [4.69, 9.17) is 4.74 Å². The molecule has 2 amide bonds. The van der Waals surface area contributed by atoms with Crippen LogP contribution in [0.3, 0.4) is 0 Å². The maximum Gasteiger partial charge on any atom is 0.416 e. The lowest BCUT2D eigenvalue weighted by Gasteiger charge is -2.09. The first-order valence-corrected chi connectivity index (χ1v) is 8.03. The van der Waals surface area contributed by atoms with Crippen LogP contribution in [0.5, 0.6) is 0 Å². The van der Waals surface area contributed by atoms with E-state index >= 15 is 0 Å². The molecule has 2 rings (SSSR count). The van der Waals surface area contributed by atoms with Gasteiger partial charge in [-0.15, -0.1) is 0 Å². The number of nitrogens with zero attached hydrogens (tertiary/aromatic N) is 1. The van der Waals surface area contributed by atoms with E-state index in [1.165, 1.54) is 18.3 Å². The minimum atomic E-state index is -4.45. The molecule has 0 spiro atoms. The molecular weight excluding hydrogens is 363 g/mol. The zero-order valence-corrected chi connectivity index (χ0v) is 14.5. The highest BCUT2D eigenvalue weighted by Gasteiger charge is 2.30. The number of hydrogen-bond acceptors (Lipinski definition) is 4. The number of rotatable bonds is 7. The van der Waals surface area contributed by atoms with Gasteiger partial charge in [0.2, 0.25) is 0 Å². The van der Waals surface area contributed by atoms with Gasteiger partial charge in [0.05, 0.1) is 5.56 Å². The number of halogens is 3. The average molecular weight is 381 g/mol. The molecule has 0 bridgehead atoms. The number of pyridine rings is 1. The van der Waals surface area contributed by atoms with Crippen molar-refractivity contribution in [3.63, 3.8) is 0 Å². The summed E-state index contributed by atoms with van der Waals surface area (Å²) in [6.45, 7) is 0.930. The van der Waals surface area contributed by atoms with Crippen LogP contribution in [0.15, 0.2) is 42.6 Å². The number of carbonyl (C=O) groups excluding carboxylic acids is 2. The maximum absolute atomic E-state index is 12.6. The van der Waals surface area contributed by atoms with Crippen molar-refractivity contribution in [1.29, 1.82) is 0 Å². The monoisotopic (exact) mass is 381 g/mol. The van der Waals surface area contributed by atoms with Gasteiger partial charge in [-0.3, -0.25) is 14.6 Å². The number of amides is 2. The molecule has 2 aromatic rings. The Balaban J connectivity index is 2.01. The number of anilines is 1. The summed E-state index contributed by atoms with van der Waals surface area (Å²) in [5.74, 6) is -0.999. The quantitative estimate of drug-likeness (QED) is 0.723. The topological polar surface area (TPSA) is 80.3 Å². The summed E-state index contributed by atoms with van der Waals surface area (Å²) in [7, 11) is 1.56. The van der Waals surface area contributed by atoms with Gasteiger partial charge in [-0.05, 0) is 42.8 Å². The Labute approximate surface area is 153 Å². The fourth-order valence-corrected chi connectivity index (χ4v) is 2.15. The summed E-state index contributed by atoms with van der Waals surface area (Å²) in [6.07, 6.45) is -2.49. The molecule has 0 saturated heterocycles. The van der Waals surface area contributed by atoms with Gasteiger partial charge in [-0.25, -0.2) is 0 Å². The smallest absolute Gasteiger partial charge is 0.385 e. The molecule has 27 heavy (non-hydrogen) atoms.